The van der Waals surface area contributed by atoms with Crippen LogP contribution in [0.5, 0.6) is 0 Å². The maximum absolute atomic E-state index is 10.6. The van der Waals surface area contributed by atoms with Crippen LogP contribution < -0.4 is 0 Å². The van der Waals surface area contributed by atoms with Crippen LogP contribution in [0.3, 0.4) is 0 Å². The SMILES string of the molecule is CN1CCN(C)C(C(=O)O)C1. The topological polar surface area (TPSA) is 43.8 Å². The normalized spacial score (nSPS) is 28.7. The molecule has 0 aliphatic carbocycles. The number of hydrogen-bond donors (Lipinski definition) is 1. The molecule has 0 amide bonds. The molecule has 11 heavy (non-hydrogen) atoms. The van der Waals surface area contributed by atoms with E-state index < -0.39 is 5.97 Å². The molecular weight excluding hydrogens is 144 g/mol. The molecule has 0 spiro atoms. The zero-order chi connectivity index (χ0) is 8.43. The molecule has 0 bridgehead atoms. The van der Waals surface area contributed by atoms with Crippen LogP contribution in [0.2, 0.25) is 0 Å². The van der Waals surface area contributed by atoms with Crippen molar-refractivity contribution in [2.24, 2.45) is 0 Å². The van der Waals surface area contributed by atoms with Crippen LogP contribution in [0.15, 0.2) is 0 Å². The lowest BCUT2D eigenvalue weighted by Gasteiger charge is -2.34. The van der Waals surface area contributed by atoms with E-state index in [9.17, 15) is 4.79 Å². The van der Waals surface area contributed by atoms with Gasteiger partial charge in [0.05, 0.1) is 0 Å². The second kappa shape index (κ2) is 3.19. The lowest BCUT2D eigenvalue weighted by Crippen LogP contribution is -2.53. The number of piperazine rings is 1. The number of aliphatic carboxylic acids is 1. The van der Waals surface area contributed by atoms with E-state index in [1.807, 2.05) is 23.9 Å². The molecule has 1 aliphatic rings. The second-order valence-corrected chi connectivity index (χ2v) is 3.10. The van der Waals surface area contributed by atoms with E-state index in [-0.39, 0.29) is 6.04 Å². The van der Waals surface area contributed by atoms with Crippen LogP contribution in [0.4, 0.5) is 0 Å². The smallest absolute Gasteiger partial charge is 0.322 e. The van der Waals surface area contributed by atoms with Crippen molar-refractivity contribution in [3.8, 4) is 0 Å². The molecule has 64 valence electrons. The van der Waals surface area contributed by atoms with Gasteiger partial charge in [-0.2, -0.15) is 0 Å². The number of carbonyl (C=O) groups is 1. The minimum Gasteiger partial charge on any atom is -0.480 e. The molecular formula is C7H14N2O2. The van der Waals surface area contributed by atoms with Gasteiger partial charge in [0.1, 0.15) is 6.04 Å². The number of carboxylic acid groups (broad SMARTS) is 1. The van der Waals surface area contributed by atoms with Crippen molar-refractivity contribution in [2.75, 3.05) is 33.7 Å². The van der Waals surface area contributed by atoms with E-state index in [4.69, 9.17) is 5.11 Å². The van der Waals surface area contributed by atoms with E-state index >= 15 is 0 Å². The Morgan fingerprint density at radius 3 is 2.55 bits per heavy atom. The molecule has 0 radical (unpaired) electrons. The summed E-state index contributed by atoms with van der Waals surface area (Å²) in [6.45, 7) is 2.43. The number of likely N-dealkylation sites (N-methyl/N-ethyl adjacent to an activating group) is 2. The second-order valence-electron chi connectivity index (χ2n) is 3.10. The van der Waals surface area contributed by atoms with Crippen LogP contribution in [-0.2, 0) is 4.79 Å². The van der Waals surface area contributed by atoms with Gasteiger partial charge in [0.15, 0.2) is 0 Å². The highest BCUT2D eigenvalue weighted by Gasteiger charge is 2.27. The van der Waals surface area contributed by atoms with E-state index in [0.29, 0.717) is 6.54 Å². The first-order valence-electron chi connectivity index (χ1n) is 3.73. The van der Waals surface area contributed by atoms with Gasteiger partial charge < -0.3 is 10.0 Å². The number of carboxylic acids is 1. The Morgan fingerprint density at radius 1 is 1.45 bits per heavy atom. The van der Waals surface area contributed by atoms with Crippen LogP contribution in [0.1, 0.15) is 0 Å². The van der Waals surface area contributed by atoms with E-state index in [1.54, 1.807) is 0 Å². The molecule has 1 atom stereocenters. The van der Waals surface area contributed by atoms with E-state index in [2.05, 4.69) is 0 Å². The summed E-state index contributed by atoms with van der Waals surface area (Å²) >= 11 is 0. The molecule has 1 heterocycles. The third-order valence-corrected chi connectivity index (χ3v) is 2.14. The van der Waals surface area contributed by atoms with Gasteiger partial charge in [-0.05, 0) is 14.1 Å². The van der Waals surface area contributed by atoms with Gasteiger partial charge in [-0.1, -0.05) is 0 Å². The quantitative estimate of drug-likeness (QED) is 0.549. The van der Waals surface area contributed by atoms with Crippen molar-refractivity contribution in [1.29, 1.82) is 0 Å². The number of nitrogens with zero attached hydrogens (tertiary/aromatic N) is 2. The molecule has 1 aliphatic heterocycles. The Morgan fingerprint density at radius 2 is 2.09 bits per heavy atom. The highest BCUT2D eigenvalue weighted by molar-refractivity contribution is 5.73. The zero-order valence-corrected chi connectivity index (χ0v) is 6.95. The lowest BCUT2D eigenvalue weighted by atomic mass is 10.2. The fraction of sp³-hybridized carbons (Fsp3) is 0.857. The largest absolute Gasteiger partial charge is 0.480 e. The van der Waals surface area contributed by atoms with Gasteiger partial charge in [-0.3, -0.25) is 9.69 Å². The summed E-state index contributed by atoms with van der Waals surface area (Å²) in [7, 11) is 3.80. The zero-order valence-electron chi connectivity index (χ0n) is 6.95. The van der Waals surface area contributed by atoms with Crippen molar-refractivity contribution in [2.45, 2.75) is 6.04 Å². The van der Waals surface area contributed by atoms with Gasteiger partial charge >= 0.3 is 5.97 Å². The fourth-order valence-electron chi connectivity index (χ4n) is 1.28. The van der Waals surface area contributed by atoms with Gasteiger partial charge in [0.25, 0.3) is 0 Å². The van der Waals surface area contributed by atoms with Gasteiger partial charge in [0, 0.05) is 19.6 Å². The first-order valence-corrected chi connectivity index (χ1v) is 3.73. The van der Waals surface area contributed by atoms with Crippen LogP contribution >= 0.6 is 0 Å². The highest BCUT2D eigenvalue weighted by atomic mass is 16.4. The molecule has 4 nitrogen and oxygen atoms in total. The Hall–Kier alpha value is -0.610. The fourth-order valence-corrected chi connectivity index (χ4v) is 1.28. The summed E-state index contributed by atoms with van der Waals surface area (Å²) in [5.41, 5.74) is 0. The van der Waals surface area contributed by atoms with Gasteiger partial charge in [0.2, 0.25) is 0 Å². The summed E-state index contributed by atoms with van der Waals surface area (Å²) in [5.74, 6) is -0.723. The maximum atomic E-state index is 10.6. The summed E-state index contributed by atoms with van der Waals surface area (Å²) in [4.78, 5) is 14.6. The Balaban J connectivity index is 2.54. The predicted molar refractivity (Wildman–Crippen MR) is 41.6 cm³/mol. The molecule has 1 unspecified atom stereocenters. The standard InChI is InChI=1S/C7H14N2O2/c1-8-3-4-9(2)6(5-8)7(10)11/h6H,3-5H2,1-2H3,(H,10,11). The summed E-state index contributed by atoms with van der Waals surface area (Å²) in [6.07, 6.45) is 0. The molecule has 1 rings (SSSR count). The van der Waals surface area contributed by atoms with E-state index in [1.165, 1.54) is 0 Å². The molecule has 0 aromatic carbocycles. The van der Waals surface area contributed by atoms with Crippen molar-refractivity contribution in [3.63, 3.8) is 0 Å². The molecule has 0 saturated carbocycles. The highest BCUT2D eigenvalue weighted by Crippen LogP contribution is 2.05. The Kier molecular flexibility index (Phi) is 2.46. The first kappa shape index (κ1) is 8.49. The lowest BCUT2D eigenvalue weighted by molar-refractivity contribution is -0.144. The van der Waals surface area contributed by atoms with Gasteiger partial charge in [-0.15, -0.1) is 0 Å². The number of rotatable bonds is 1. The van der Waals surface area contributed by atoms with Crippen LogP contribution in [0.25, 0.3) is 0 Å². The van der Waals surface area contributed by atoms with Gasteiger partial charge in [-0.25, -0.2) is 0 Å². The average molecular weight is 158 g/mol. The molecule has 1 saturated heterocycles. The van der Waals surface area contributed by atoms with E-state index in [0.717, 1.165) is 13.1 Å². The van der Waals surface area contributed by atoms with Crippen LogP contribution in [0, 0.1) is 0 Å². The molecule has 0 aromatic rings. The monoisotopic (exact) mass is 158 g/mol. The first-order chi connectivity index (χ1) is 5.11. The third-order valence-electron chi connectivity index (χ3n) is 2.14. The summed E-state index contributed by atoms with van der Waals surface area (Å²) < 4.78 is 0. The predicted octanol–water partition coefficient (Wildman–Crippen LogP) is -0.683. The maximum Gasteiger partial charge on any atom is 0.322 e. The van der Waals surface area contributed by atoms with Crippen molar-refractivity contribution in [1.82, 2.24) is 9.80 Å². The molecule has 4 heteroatoms. The van der Waals surface area contributed by atoms with Crippen molar-refractivity contribution in [3.05, 3.63) is 0 Å². The third kappa shape index (κ3) is 1.91. The Labute approximate surface area is 66.4 Å². The van der Waals surface area contributed by atoms with Crippen LogP contribution in [-0.4, -0.2) is 60.6 Å². The minimum atomic E-state index is -0.723. The summed E-state index contributed by atoms with van der Waals surface area (Å²) in [6, 6.07) is -0.325. The minimum absolute atomic E-state index is 0.325. The summed E-state index contributed by atoms with van der Waals surface area (Å²) in [5, 5.41) is 8.76. The Bertz CT molecular complexity index is 161. The number of hydrogen-bond acceptors (Lipinski definition) is 3. The molecule has 0 aromatic heterocycles. The molecule has 1 N–H and O–H groups in total. The average Bonchev–Trinajstić information content (AvgIpc) is 1.94. The van der Waals surface area contributed by atoms with Crippen molar-refractivity contribution < 1.29 is 9.90 Å². The van der Waals surface area contributed by atoms with Crippen molar-refractivity contribution >= 4 is 5.97 Å². The molecule has 1 fully saturated rings.